The summed E-state index contributed by atoms with van der Waals surface area (Å²) in [4.78, 5) is 49.8. The summed E-state index contributed by atoms with van der Waals surface area (Å²) in [6.45, 7) is 1.97. The van der Waals surface area contributed by atoms with Gasteiger partial charge >= 0.3 is 5.97 Å². The van der Waals surface area contributed by atoms with Crippen molar-refractivity contribution >= 4 is 47.8 Å². The molecular weight excluding hydrogens is 472 g/mol. The molecule has 2 amide bonds. The maximum atomic E-state index is 12.9. The number of carbonyl (C=O) groups is 4. The number of aromatic amines is 1. The van der Waals surface area contributed by atoms with Gasteiger partial charge in [-0.25, -0.2) is 4.79 Å². The van der Waals surface area contributed by atoms with Crippen LogP contribution < -0.4 is 5.32 Å². The van der Waals surface area contributed by atoms with Gasteiger partial charge in [0.05, 0.1) is 0 Å². The number of carboxylic acid groups (broad SMARTS) is 1. The molecule has 1 aromatic carbocycles. The Morgan fingerprint density at radius 1 is 1.39 bits per heavy atom. The smallest absolute Gasteiger partial charge is 0.352 e. The fraction of sp³-hybridized carbons (Fsp3) is 0.316. The zero-order chi connectivity index (χ0) is 23.5. The minimum absolute atomic E-state index is 0.110. The van der Waals surface area contributed by atoms with Crippen molar-refractivity contribution in [3.05, 3.63) is 47.2 Å². The highest BCUT2D eigenvalue weighted by molar-refractivity contribution is 8.01. The van der Waals surface area contributed by atoms with Crippen molar-refractivity contribution in [1.82, 2.24) is 30.8 Å². The van der Waals surface area contributed by atoms with E-state index in [0.29, 0.717) is 22.0 Å². The SMILES string of the molecule is CC(Sc1nn[nH]n1)C1=C(C(=O)O)N2C(=O)C(NC(=O)[C@H](OC=O)c3ccccc3)[C@H]2SC1. The summed E-state index contributed by atoms with van der Waals surface area (Å²) in [5, 5.41) is 25.4. The average Bonchev–Trinajstić information content (AvgIpc) is 3.33. The fourth-order valence-electron chi connectivity index (χ4n) is 3.59. The number of nitrogens with one attached hydrogen (secondary N) is 2. The summed E-state index contributed by atoms with van der Waals surface area (Å²) >= 11 is 2.56. The number of β-lactam (4-membered cyclic amide) rings is 1. The van der Waals surface area contributed by atoms with E-state index in [-0.39, 0.29) is 17.4 Å². The monoisotopic (exact) mass is 490 g/mol. The Balaban J connectivity index is 1.51. The average molecular weight is 491 g/mol. The first-order valence-electron chi connectivity index (χ1n) is 9.68. The second-order valence-electron chi connectivity index (χ2n) is 7.05. The first kappa shape index (κ1) is 22.8. The molecule has 0 bridgehead atoms. The highest BCUT2D eigenvalue weighted by Gasteiger charge is 2.55. The fourth-order valence-corrected chi connectivity index (χ4v) is 6.00. The molecule has 2 aliphatic rings. The maximum Gasteiger partial charge on any atom is 0.352 e. The van der Waals surface area contributed by atoms with E-state index in [1.807, 2.05) is 0 Å². The van der Waals surface area contributed by atoms with Gasteiger partial charge < -0.3 is 15.2 Å². The van der Waals surface area contributed by atoms with E-state index in [0.717, 1.165) is 0 Å². The van der Waals surface area contributed by atoms with Crippen LogP contribution in [0.3, 0.4) is 0 Å². The van der Waals surface area contributed by atoms with Crippen LogP contribution in [0.25, 0.3) is 0 Å². The van der Waals surface area contributed by atoms with Gasteiger partial charge in [0.15, 0.2) is 0 Å². The molecule has 1 fully saturated rings. The topological polar surface area (TPSA) is 167 Å². The molecule has 0 saturated carbocycles. The molecule has 0 spiro atoms. The van der Waals surface area contributed by atoms with Crippen LogP contribution in [0.2, 0.25) is 0 Å². The molecule has 172 valence electrons. The zero-order valence-corrected chi connectivity index (χ0v) is 18.7. The Morgan fingerprint density at radius 3 is 2.79 bits per heavy atom. The normalized spacial score (nSPS) is 21.5. The molecule has 0 radical (unpaired) electrons. The van der Waals surface area contributed by atoms with Gasteiger partial charge in [0.2, 0.25) is 11.3 Å². The van der Waals surface area contributed by atoms with E-state index in [9.17, 15) is 24.3 Å². The Bertz CT molecular complexity index is 1100. The molecule has 3 N–H and O–H groups in total. The molecule has 4 rings (SSSR count). The Kier molecular flexibility index (Phi) is 6.65. The molecule has 3 heterocycles. The second-order valence-corrected chi connectivity index (χ2v) is 9.47. The molecule has 0 aliphatic carbocycles. The number of hydrogen-bond acceptors (Lipinski definition) is 10. The lowest BCUT2D eigenvalue weighted by molar-refractivity contribution is -0.154. The molecule has 2 unspecified atom stereocenters. The standard InChI is InChI=1S/C19H18N6O6S2/c1-9(33-19-21-23-24-22-19)11-7-32-17-12(16(28)25(17)13(11)18(29)30)20-15(27)14(31-8-26)10-5-3-2-4-6-10/h2-6,8-9,12,14,17H,7H2,1H3,(H,20,27)(H,29,30)(H,21,22,23,24)/t9?,12?,14-,17-/m1/s1. The van der Waals surface area contributed by atoms with Crippen molar-refractivity contribution in [2.75, 3.05) is 5.75 Å². The molecule has 12 nitrogen and oxygen atoms in total. The molecule has 33 heavy (non-hydrogen) atoms. The number of benzene rings is 1. The summed E-state index contributed by atoms with van der Waals surface area (Å²) in [5.41, 5.74) is 0.882. The summed E-state index contributed by atoms with van der Waals surface area (Å²) in [6, 6.07) is 7.43. The number of carbonyl (C=O) groups excluding carboxylic acids is 3. The van der Waals surface area contributed by atoms with Crippen LogP contribution in [-0.2, 0) is 23.9 Å². The van der Waals surface area contributed by atoms with Crippen LogP contribution in [0.5, 0.6) is 0 Å². The Morgan fingerprint density at radius 2 is 2.15 bits per heavy atom. The summed E-state index contributed by atoms with van der Waals surface area (Å²) < 4.78 is 4.94. The van der Waals surface area contributed by atoms with E-state index in [1.54, 1.807) is 37.3 Å². The number of hydrogen-bond donors (Lipinski definition) is 3. The number of tetrazole rings is 1. The van der Waals surface area contributed by atoms with E-state index < -0.39 is 35.3 Å². The molecule has 14 heteroatoms. The van der Waals surface area contributed by atoms with Gasteiger partial charge in [0, 0.05) is 16.6 Å². The molecule has 1 saturated heterocycles. The van der Waals surface area contributed by atoms with E-state index in [4.69, 9.17) is 4.74 Å². The second kappa shape index (κ2) is 9.62. The Labute approximate surface area is 195 Å². The van der Waals surface area contributed by atoms with Crippen molar-refractivity contribution in [3.63, 3.8) is 0 Å². The van der Waals surface area contributed by atoms with Crippen LogP contribution in [0.4, 0.5) is 0 Å². The van der Waals surface area contributed by atoms with Gasteiger partial charge in [0.1, 0.15) is 17.1 Å². The number of fused-ring (bicyclic) bond motifs is 1. The third-order valence-corrected chi connectivity index (χ3v) is 7.45. The number of aliphatic carboxylic acids is 1. The highest BCUT2D eigenvalue weighted by Crippen LogP contribution is 2.43. The molecule has 2 aromatic rings. The summed E-state index contributed by atoms with van der Waals surface area (Å²) in [6.07, 6.45) is -1.23. The molecule has 1 aromatic heterocycles. The summed E-state index contributed by atoms with van der Waals surface area (Å²) in [7, 11) is 0. The minimum Gasteiger partial charge on any atom is -0.477 e. The predicted molar refractivity (Wildman–Crippen MR) is 116 cm³/mol. The first-order valence-corrected chi connectivity index (χ1v) is 11.6. The van der Waals surface area contributed by atoms with E-state index >= 15 is 0 Å². The quantitative estimate of drug-likeness (QED) is 0.252. The van der Waals surface area contributed by atoms with Gasteiger partial charge in [-0.15, -0.1) is 22.0 Å². The number of thioether (sulfide) groups is 2. The molecule has 4 atom stereocenters. The molecule has 2 aliphatic heterocycles. The van der Waals surface area contributed by atoms with Gasteiger partial charge in [-0.2, -0.15) is 5.21 Å². The lowest BCUT2D eigenvalue weighted by atomic mass is 10.0. The number of H-pyrrole nitrogens is 1. The van der Waals surface area contributed by atoms with Crippen molar-refractivity contribution in [3.8, 4) is 0 Å². The number of aromatic nitrogens is 4. The van der Waals surface area contributed by atoms with Crippen LogP contribution in [0.15, 0.2) is 46.8 Å². The van der Waals surface area contributed by atoms with Crippen LogP contribution in [-0.4, -0.2) is 77.3 Å². The van der Waals surface area contributed by atoms with Crippen molar-refractivity contribution in [1.29, 1.82) is 0 Å². The van der Waals surface area contributed by atoms with Crippen molar-refractivity contribution < 1.29 is 29.0 Å². The maximum absolute atomic E-state index is 12.9. The van der Waals surface area contributed by atoms with Gasteiger partial charge in [-0.3, -0.25) is 19.3 Å². The Hall–Kier alpha value is -3.39. The number of amides is 2. The number of carboxylic acids is 1. The lowest BCUT2D eigenvalue weighted by Crippen LogP contribution is -2.71. The summed E-state index contributed by atoms with van der Waals surface area (Å²) in [5.74, 6) is -2.12. The third kappa shape index (κ3) is 4.43. The van der Waals surface area contributed by atoms with Gasteiger partial charge in [-0.1, -0.05) is 42.1 Å². The van der Waals surface area contributed by atoms with Crippen molar-refractivity contribution in [2.45, 2.75) is 34.8 Å². The lowest BCUT2D eigenvalue weighted by Gasteiger charge is -2.50. The van der Waals surface area contributed by atoms with Gasteiger partial charge in [-0.05, 0) is 17.7 Å². The van der Waals surface area contributed by atoms with Crippen molar-refractivity contribution in [2.24, 2.45) is 0 Å². The van der Waals surface area contributed by atoms with E-state index in [2.05, 4.69) is 25.9 Å². The van der Waals surface area contributed by atoms with Gasteiger partial charge in [0.25, 0.3) is 18.3 Å². The minimum atomic E-state index is -1.24. The van der Waals surface area contributed by atoms with Crippen LogP contribution in [0, 0.1) is 0 Å². The number of rotatable bonds is 9. The number of ether oxygens (including phenoxy) is 1. The number of nitrogens with zero attached hydrogens (tertiary/aromatic N) is 4. The highest BCUT2D eigenvalue weighted by atomic mass is 32.2. The molecular formula is C19H18N6O6S2. The first-order chi connectivity index (χ1) is 15.9. The largest absolute Gasteiger partial charge is 0.477 e. The van der Waals surface area contributed by atoms with E-state index in [1.165, 1.54) is 28.4 Å². The third-order valence-electron chi connectivity index (χ3n) is 5.13. The van der Waals surface area contributed by atoms with Crippen LogP contribution >= 0.6 is 23.5 Å². The zero-order valence-electron chi connectivity index (χ0n) is 17.1. The van der Waals surface area contributed by atoms with Crippen LogP contribution in [0.1, 0.15) is 18.6 Å². The predicted octanol–water partition coefficient (Wildman–Crippen LogP) is 0.333.